The lowest BCUT2D eigenvalue weighted by molar-refractivity contribution is -0.661. The Morgan fingerprint density at radius 3 is 2.48 bits per heavy atom. The number of aryl methyl sites for hydroxylation is 1. The highest BCUT2D eigenvalue weighted by molar-refractivity contribution is 5.62. The van der Waals surface area contributed by atoms with Crippen molar-refractivity contribution in [1.29, 1.82) is 0 Å². The molecule has 2 aliphatic heterocycles. The first-order valence-electron chi connectivity index (χ1n) is 7.56. The zero-order valence-electron chi connectivity index (χ0n) is 13.0. The summed E-state index contributed by atoms with van der Waals surface area (Å²) < 4.78 is 38.8. The molecule has 0 bridgehead atoms. The van der Waals surface area contributed by atoms with Gasteiger partial charge in [0.15, 0.2) is 0 Å². The molecule has 5 nitrogen and oxygen atoms in total. The van der Waals surface area contributed by atoms with Crippen molar-refractivity contribution in [1.82, 2.24) is 0 Å². The number of para-hydroxylation sites is 1. The molecule has 8 heteroatoms. The zero-order chi connectivity index (χ0) is 16.9. The van der Waals surface area contributed by atoms with Crippen LogP contribution in [0.4, 0.5) is 24.5 Å². The van der Waals surface area contributed by atoms with Crippen LogP contribution in [-0.2, 0) is 12.6 Å². The summed E-state index contributed by atoms with van der Waals surface area (Å²) in [4.78, 5) is 0. The van der Waals surface area contributed by atoms with E-state index in [0.29, 0.717) is 12.1 Å². The van der Waals surface area contributed by atoms with Crippen LogP contribution < -0.4 is 15.6 Å². The van der Waals surface area contributed by atoms with Crippen molar-refractivity contribution in [2.24, 2.45) is 0 Å². The van der Waals surface area contributed by atoms with Gasteiger partial charge in [-0.25, -0.2) is 0 Å². The van der Waals surface area contributed by atoms with Crippen LogP contribution in [0.2, 0.25) is 0 Å². The van der Waals surface area contributed by atoms with Crippen LogP contribution in [0.25, 0.3) is 0 Å². The number of alkyl halides is 3. The molecule has 0 aliphatic carbocycles. The summed E-state index contributed by atoms with van der Waals surface area (Å²) in [5.41, 5.74) is 3.97. The minimum absolute atomic E-state index is 0. The van der Waals surface area contributed by atoms with Crippen molar-refractivity contribution >= 4 is 11.4 Å². The van der Waals surface area contributed by atoms with Gasteiger partial charge in [-0.2, -0.15) is 18.2 Å². The summed E-state index contributed by atoms with van der Waals surface area (Å²) in [5.74, 6) is -0.0242. The normalized spacial score (nSPS) is 16.4. The van der Waals surface area contributed by atoms with Gasteiger partial charge in [-0.3, -0.25) is 0 Å². The van der Waals surface area contributed by atoms with Gasteiger partial charge in [0.25, 0.3) is 5.88 Å². The molecule has 0 fully saturated rings. The van der Waals surface area contributed by atoms with E-state index in [9.17, 15) is 18.3 Å². The number of hydrogen-bond donors (Lipinski definition) is 2. The Balaban J connectivity index is 0.00000182. The molecule has 2 heterocycles. The van der Waals surface area contributed by atoms with E-state index in [0.717, 1.165) is 29.8 Å². The number of hydrogen-bond acceptors (Lipinski definition) is 4. The predicted octanol–water partition coefficient (Wildman–Crippen LogP) is 2.92. The topological polar surface area (TPSA) is 73.3 Å². The molecule has 0 radical (unpaired) electrons. The van der Waals surface area contributed by atoms with Gasteiger partial charge < -0.3 is 10.6 Å². The highest BCUT2D eigenvalue weighted by Crippen LogP contribution is 2.36. The molecule has 0 aromatic heterocycles. The Labute approximate surface area is 141 Å². The van der Waals surface area contributed by atoms with Crippen LogP contribution in [0.3, 0.4) is 0 Å². The lowest BCUT2D eigenvalue weighted by Crippen LogP contribution is -2.99. The summed E-state index contributed by atoms with van der Waals surface area (Å²) in [6.07, 6.45) is -3.00. The molecule has 2 aromatic rings. The number of allylic oxidation sites excluding steroid dienone is 1. The summed E-state index contributed by atoms with van der Waals surface area (Å²) in [6, 6.07) is 12.8. The second kappa shape index (κ2) is 5.98. The first-order chi connectivity index (χ1) is 11.4. The van der Waals surface area contributed by atoms with Gasteiger partial charge in [-0.1, -0.05) is 24.3 Å². The summed E-state index contributed by atoms with van der Waals surface area (Å²) in [6.45, 7) is 0. The van der Waals surface area contributed by atoms with Crippen molar-refractivity contribution in [3.8, 4) is 0 Å². The predicted molar refractivity (Wildman–Crippen MR) is 84.7 cm³/mol. The molecule has 0 saturated carbocycles. The number of benzene rings is 2. The third-order valence-electron chi connectivity index (χ3n) is 4.34. The van der Waals surface area contributed by atoms with E-state index in [1.165, 1.54) is 11.1 Å². The van der Waals surface area contributed by atoms with Crippen molar-refractivity contribution in [2.75, 3.05) is 10.0 Å². The van der Waals surface area contributed by atoms with Crippen LogP contribution in [0.1, 0.15) is 17.5 Å². The molecule has 4 rings (SSSR count). The maximum absolute atomic E-state index is 12.9. The fourth-order valence-corrected chi connectivity index (χ4v) is 3.16. The number of fused-ring (bicyclic) bond motifs is 3. The molecule has 2 aromatic carbocycles. The van der Waals surface area contributed by atoms with Gasteiger partial charge in [0.2, 0.25) is 0 Å². The number of aliphatic hydroxyl groups excluding tert-OH is 1. The average molecular weight is 351 g/mol. The number of quaternary nitrogens is 1. The zero-order valence-corrected chi connectivity index (χ0v) is 13.0. The molecular weight excluding hydrogens is 335 g/mol. The smallest absolute Gasteiger partial charge is 0.416 e. The molecule has 132 valence electrons. The van der Waals surface area contributed by atoms with Crippen molar-refractivity contribution < 1.29 is 29.3 Å². The van der Waals surface area contributed by atoms with Crippen molar-refractivity contribution in [3.05, 3.63) is 71.2 Å². The van der Waals surface area contributed by atoms with Crippen LogP contribution in [0.15, 0.2) is 60.1 Å². The van der Waals surface area contributed by atoms with Gasteiger partial charge in [0.1, 0.15) is 11.4 Å². The van der Waals surface area contributed by atoms with Crippen molar-refractivity contribution in [2.45, 2.75) is 19.0 Å². The van der Waals surface area contributed by atoms with E-state index in [4.69, 9.17) is 0 Å². The van der Waals surface area contributed by atoms with Gasteiger partial charge in [0.05, 0.1) is 11.3 Å². The SMILES string of the molecule is OC1=C2CCc3ccccc3N2[NH2+]N1c1cccc(C(F)(F)F)c1.[OH-]. The summed E-state index contributed by atoms with van der Waals surface area (Å²) >= 11 is 0. The maximum Gasteiger partial charge on any atom is 0.416 e. The molecule has 0 atom stereocenters. The fraction of sp³-hybridized carbons (Fsp3) is 0.176. The second-order valence-corrected chi connectivity index (χ2v) is 5.80. The van der Waals surface area contributed by atoms with Crippen molar-refractivity contribution in [3.63, 3.8) is 0 Å². The van der Waals surface area contributed by atoms with E-state index in [1.54, 1.807) is 11.6 Å². The Morgan fingerprint density at radius 2 is 1.72 bits per heavy atom. The Hall–Kier alpha value is -2.71. The molecule has 4 N–H and O–H groups in total. The van der Waals surface area contributed by atoms with E-state index < -0.39 is 11.7 Å². The number of nitrogens with two attached hydrogens (primary N) is 1. The quantitative estimate of drug-likeness (QED) is 0.775. The van der Waals surface area contributed by atoms with Gasteiger partial charge in [0, 0.05) is 6.42 Å². The Morgan fingerprint density at radius 1 is 0.960 bits per heavy atom. The third-order valence-corrected chi connectivity index (χ3v) is 4.34. The average Bonchev–Trinajstić information content (AvgIpc) is 2.92. The third kappa shape index (κ3) is 2.79. The Bertz CT molecular complexity index is 836. The molecule has 25 heavy (non-hydrogen) atoms. The highest BCUT2D eigenvalue weighted by Gasteiger charge is 2.39. The van der Waals surface area contributed by atoms with E-state index >= 15 is 0 Å². The fourth-order valence-electron chi connectivity index (χ4n) is 3.16. The summed E-state index contributed by atoms with van der Waals surface area (Å²) in [7, 11) is 0. The molecular formula is C17H16F3N3O2. The molecule has 0 saturated heterocycles. The van der Waals surface area contributed by atoms with Gasteiger partial charge >= 0.3 is 6.18 Å². The number of nitrogens with zero attached hydrogens (tertiary/aromatic N) is 2. The minimum Gasteiger partial charge on any atom is -0.870 e. The van der Waals surface area contributed by atoms with Crippen LogP contribution >= 0.6 is 0 Å². The number of aliphatic hydroxyl groups is 1. The first kappa shape index (κ1) is 17.1. The standard InChI is InChI=1S/C17H14F3N3O.H2O/c18-17(19,20)12-5-3-6-13(10-12)22-16(24)15-9-8-11-4-1-2-7-14(11)23(15)21-22;/h1-7,10,21,24H,8-9H2;1H2. The minimum atomic E-state index is -4.42. The molecule has 0 spiro atoms. The monoisotopic (exact) mass is 351 g/mol. The maximum atomic E-state index is 12.9. The Kier molecular flexibility index (Phi) is 4.09. The molecule has 0 unspecified atom stereocenters. The largest absolute Gasteiger partial charge is 0.870 e. The van der Waals surface area contributed by atoms with Crippen LogP contribution in [-0.4, -0.2) is 10.6 Å². The van der Waals surface area contributed by atoms with Crippen LogP contribution in [0, 0.1) is 0 Å². The lowest BCUT2D eigenvalue weighted by atomic mass is 10.0. The number of anilines is 2. The second-order valence-electron chi connectivity index (χ2n) is 5.80. The van der Waals surface area contributed by atoms with Gasteiger partial charge in [-0.15, -0.1) is 10.5 Å². The number of rotatable bonds is 1. The van der Waals surface area contributed by atoms with E-state index in [2.05, 4.69) is 0 Å². The lowest BCUT2D eigenvalue weighted by Gasteiger charge is -2.25. The molecule has 2 aliphatic rings. The van der Waals surface area contributed by atoms with Gasteiger partial charge in [-0.05, 0) is 36.2 Å². The van der Waals surface area contributed by atoms with Crippen LogP contribution in [0.5, 0.6) is 0 Å². The highest BCUT2D eigenvalue weighted by atomic mass is 19.4. The van der Waals surface area contributed by atoms with E-state index in [1.807, 2.05) is 29.3 Å². The first-order valence-corrected chi connectivity index (χ1v) is 7.56. The molecule has 0 amide bonds. The van der Waals surface area contributed by atoms with E-state index in [-0.39, 0.29) is 17.0 Å². The number of halogens is 3. The summed E-state index contributed by atoms with van der Waals surface area (Å²) in [5, 5.41) is 13.7.